The second-order valence-electron chi connectivity index (χ2n) is 4.81. The highest BCUT2D eigenvalue weighted by Crippen LogP contribution is 2.32. The van der Waals surface area contributed by atoms with Crippen molar-refractivity contribution in [2.75, 3.05) is 13.7 Å². The van der Waals surface area contributed by atoms with Crippen molar-refractivity contribution in [3.8, 4) is 5.75 Å². The predicted octanol–water partition coefficient (Wildman–Crippen LogP) is 2.12. The smallest absolute Gasteiger partial charge is 0.119 e. The van der Waals surface area contributed by atoms with Gasteiger partial charge < -0.3 is 15.2 Å². The standard InChI is InChI=1S/C14H21NO2/c1-10(15-9-14(16)11-6-7-11)12-4-3-5-13(8-12)17-2/h3-5,8,10-11,14-16H,6-7,9H2,1-2H3. The first-order valence-corrected chi connectivity index (χ1v) is 6.26. The van der Waals surface area contributed by atoms with Gasteiger partial charge in [0.1, 0.15) is 5.75 Å². The van der Waals surface area contributed by atoms with Gasteiger partial charge in [-0.15, -0.1) is 0 Å². The van der Waals surface area contributed by atoms with E-state index in [1.165, 1.54) is 18.4 Å². The van der Waals surface area contributed by atoms with Crippen molar-refractivity contribution in [3.05, 3.63) is 29.8 Å². The molecule has 17 heavy (non-hydrogen) atoms. The van der Waals surface area contributed by atoms with E-state index in [0.29, 0.717) is 12.5 Å². The summed E-state index contributed by atoms with van der Waals surface area (Å²) in [5, 5.41) is 13.2. The number of ether oxygens (including phenoxy) is 1. The zero-order valence-corrected chi connectivity index (χ0v) is 10.5. The molecule has 0 saturated heterocycles. The highest BCUT2D eigenvalue weighted by Gasteiger charge is 2.29. The molecule has 2 rings (SSSR count). The highest BCUT2D eigenvalue weighted by molar-refractivity contribution is 5.30. The Morgan fingerprint density at radius 3 is 2.88 bits per heavy atom. The number of benzene rings is 1. The lowest BCUT2D eigenvalue weighted by molar-refractivity contribution is 0.145. The van der Waals surface area contributed by atoms with E-state index < -0.39 is 0 Å². The molecule has 3 heteroatoms. The van der Waals surface area contributed by atoms with Crippen LogP contribution in [0.4, 0.5) is 0 Å². The molecule has 1 aromatic carbocycles. The summed E-state index contributed by atoms with van der Waals surface area (Å²) in [5.74, 6) is 1.40. The fourth-order valence-electron chi connectivity index (χ4n) is 1.97. The summed E-state index contributed by atoms with van der Waals surface area (Å²) < 4.78 is 5.20. The fraction of sp³-hybridized carbons (Fsp3) is 0.571. The first kappa shape index (κ1) is 12.4. The first-order valence-electron chi connectivity index (χ1n) is 6.26. The molecule has 0 aromatic heterocycles. The van der Waals surface area contributed by atoms with Crippen molar-refractivity contribution in [1.29, 1.82) is 0 Å². The molecule has 0 bridgehead atoms. The van der Waals surface area contributed by atoms with Crippen molar-refractivity contribution in [1.82, 2.24) is 5.32 Å². The predicted molar refractivity (Wildman–Crippen MR) is 68.1 cm³/mol. The van der Waals surface area contributed by atoms with Crippen LogP contribution in [0.3, 0.4) is 0 Å². The summed E-state index contributed by atoms with van der Waals surface area (Å²) in [6.07, 6.45) is 2.16. The van der Waals surface area contributed by atoms with E-state index >= 15 is 0 Å². The number of methoxy groups -OCH3 is 1. The third-order valence-corrected chi connectivity index (χ3v) is 3.39. The van der Waals surface area contributed by atoms with Crippen LogP contribution in [0.25, 0.3) is 0 Å². The number of aliphatic hydroxyl groups excluding tert-OH is 1. The van der Waals surface area contributed by atoms with Gasteiger partial charge in [0.2, 0.25) is 0 Å². The monoisotopic (exact) mass is 235 g/mol. The van der Waals surface area contributed by atoms with Crippen LogP contribution in [-0.2, 0) is 0 Å². The topological polar surface area (TPSA) is 41.5 Å². The largest absolute Gasteiger partial charge is 0.497 e. The average molecular weight is 235 g/mol. The molecular formula is C14H21NO2. The normalized spacial score (nSPS) is 18.8. The van der Waals surface area contributed by atoms with Crippen LogP contribution >= 0.6 is 0 Å². The Labute approximate surface area is 103 Å². The van der Waals surface area contributed by atoms with Gasteiger partial charge in [-0.3, -0.25) is 0 Å². The maximum absolute atomic E-state index is 9.80. The van der Waals surface area contributed by atoms with E-state index in [4.69, 9.17) is 4.74 Å². The molecule has 0 spiro atoms. The van der Waals surface area contributed by atoms with E-state index in [1.807, 2.05) is 18.2 Å². The number of rotatable bonds is 6. The molecule has 1 aliphatic carbocycles. The van der Waals surface area contributed by atoms with Crippen molar-refractivity contribution in [2.45, 2.75) is 31.9 Å². The molecule has 3 nitrogen and oxygen atoms in total. The van der Waals surface area contributed by atoms with Gasteiger partial charge in [-0.05, 0) is 43.4 Å². The van der Waals surface area contributed by atoms with Gasteiger partial charge >= 0.3 is 0 Å². The molecule has 2 unspecified atom stereocenters. The second-order valence-corrected chi connectivity index (χ2v) is 4.81. The lowest BCUT2D eigenvalue weighted by Gasteiger charge is -2.17. The third kappa shape index (κ3) is 3.45. The van der Waals surface area contributed by atoms with Crippen LogP contribution in [0.1, 0.15) is 31.4 Å². The molecular weight excluding hydrogens is 214 g/mol. The van der Waals surface area contributed by atoms with Crippen LogP contribution in [0.5, 0.6) is 5.75 Å². The lowest BCUT2D eigenvalue weighted by atomic mass is 10.1. The van der Waals surface area contributed by atoms with Crippen LogP contribution in [-0.4, -0.2) is 24.9 Å². The Kier molecular flexibility index (Phi) is 4.02. The average Bonchev–Trinajstić information content (AvgIpc) is 3.19. The summed E-state index contributed by atoms with van der Waals surface area (Å²) in [6, 6.07) is 8.27. The molecule has 2 atom stereocenters. The zero-order chi connectivity index (χ0) is 12.3. The summed E-state index contributed by atoms with van der Waals surface area (Å²) >= 11 is 0. The Hall–Kier alpha value is -1.06. The quantitative estimate of drug-likeness (QED) is 0.793. The molecule has 0 heterocycles. The summed E-state index contributed by atoms with van der Waals surface area (Å²) in [6.45, 7) is 2.78. The molecule has 2 N–H and O–H groups in total. The minimum atomic E-state index is -0.192. The molecule has 1 fully saturated rings. The van der Waals surface area contributed by atoms with Gasteiger partial charge in [-0.25, -0.2) is 0 Å². The van der Waals surface area contributed by atoms with Crippen molar-refractivity contribution in [3.63, 3.8) is 0 Å². The van der Waals surface area contributed by atoms with E-state index in [-0.39, 0.29) is 12.1 Å². The summed E-state index contributed by atoms with van der Waals surface area (Å²) in [5.41, 5.74) is 1.19. The number of hydrogen-bond acceptors (Lipinski definition) is 3. The van der Waals surface area contributed by atoms with Crippen LogP contribution in [0.15, 0.2) is 24.3 Å². The Morgan fingerprint density at radius 2 is 2.24 bits per heavy atom. The van der Waals surface area contributed by atoms with Crippen molar-refractivity contribution in [2.24, 2.45) is 5.92 Å². The molecule has 0 radical (unpaired) electrons. The fourth-order valence-corrected chi connectivity index (χ4v) is 1.97. The Balaban J connectivity index is 1.86. The molecule has 0 amide bonds. The third-order valence-electron chi connectivity index (χ3n) is 3.39. The van der Waals surface area contributed by atoms with E-state index in [2.05, 4.69) is 18.3 Å². The van der Waals surface area contributed by atoms with Gasteiger partial charge in [0.25, 0.3) is 0 Å². The van der Waals surface area contributed by atoms with Gasteiger partial charge in [0.15, 0.2) is 0 Å². The lowest BCUT2D eigenvalue weighted by Crippen LogP contribution is -2.30. The van der Waals surface area contributed by atoms with Gasteiger partial charge in [-0.1, -0.05) is 12.1 Å². The zero-order valence-electron chi connectivity index (χ0n) is 10.5. The van der Waals surface area contributed by atoms with E-state index in [1.54, 1.807) is 7.11 Å². The summed E-state index contributed by atoms with van der Waals surface area (Å²) in [4.78, 5) is 0. The van der Waals surface area contributed by atoms with Gasteiger partial charge in [-0.2, -0.15) is 0 Å². The minimum Gasteiger partial charge on any atom is -0.497 e. The minimum absolute atomic E-state index is 0.192. The van der Waals surface area contributed by atoms with Crippen molar-refractivity contribution >= 4 is 0 Å². The van der Waals surface area contributed by atoms with Crippen LogP contribution < -0.4 is 10.1 Å². The second kappa shape index (κ2) is 5.52. The Bertz CT molecular complexity index is 363. The van der Waals surface area contributed by atoms with E-state index in [9.17, 15) is 5.11 Å². The number of hydrogen-bond donors (Lipinski definition) is 2. The Morgan fingerprint density at radius 1 is 1.47 bits per heavy atom. The number of aliphatic hydroxyl groups is 1. The molecule has 1 aromatic rings. The summed E-state index contributed by atoms with van der Waals surface area (Å²) in [7, 11) is 1.67. The van der Waals surface area contributed by atoms with Crippen LogP contribution in [0, 0.1) is 5.92 Å². The molecule has 1 aliphatic rings. The first-order chi connectivity index (χ1) is 8.20. The highest BCUT2D eigenvalue weighted by atomic mass is 16.5. The van der Waals surface area contributed by atoms with Gasteiger partial charge in [0, 0.05) is 12.6 Å². The van der Waals surface area contributed by atoms with Crippen LogP contribution in [0.2, 0.25) is 0 Å². The number of nitrogens with one attached hydrogen (secondary N) is 1. The van der Waals surface area contributed by atoms with E-state index in [0.717, 1.165) is 5.75 Å². The van der Waals surface area contributed by atoms with Crippen molar-refractivity contribution < 1.29 is 9.84 Å². The maximum atomic E-state index is 9.80. The SMILES string of the molecule is COc1cccc(C(C)NCC(O)C2CC2)c1. The molecule has 1 saturated carbocycles. The maximum Gasteiger partial charge on any atom is 0.119 e. The molecule has 94 valence electrons. The molecule has 0 aliphatic heterocycles. The van der Waals surface area contributed by atoms with Gasteiger partial charge in [0.05, 0.1) is 13.2 Å².